The molecule has 1 aliphatic rings. The lowest BCUT2D eigenvalue weighted by molar-refractivity contribution is -0.131. The topological polar surface area (TPSA) is 64.4 Å². The molecule has 108 valence electrons. The van der Waals surface area contributed by atoms with Gasteiger partial charge in [0.05, 0.1) is 5.41 Å². The molecule has 0 aromatic heterocycles. The van der Waals surface area contributed by atoms with Crippen molar-refractivity contribution < 1.29 is 9.53 Å². The van der Waals surface area contributed by atoms with E-state index in [4.69, 9.17) is 10.5 Å². The van der Waals surface area contributed by atoms with Crippen LogP contribution >= 0.6 is 12.4 Å². The first-order valence-electron chi connectivity index (χ1n) is 6.77. The van der Waals surface area contributed by atoms with Crippen molar-refractivity contribution in [3.63, 3.8) is 0 Å². The van der Waals surface area contributed by atoms with Crippen LogP contribution in [0.3, 0.4) is 0 Å². The van der Waals surface area contributed by atoms with Gasteiger partial charge < -0.3 is 15.8 Å². The van der Waals surface area contributed by atoms with E-state index in [9.17, 15) is 4.79 Å². The minimum atomic E-state index is -0.382. The molecule has 1 heterocycles. The van der Waals surface area contributed by atoms with Gasteiger partial charge in [0.2, 0.25) is 5.91 Å². The van der Waals surface area contributed by atoms with Crippen LogP contribution in [0.2, 0.25) is 0 Å². The molecule has 0 bridgehead atoms. The largest absolute Gasteiger partial charge is 0.381 e. The van der Waals surface area contributed by atoms with Crippen molar-refractivity contribution in [1.29, 1.82) is 0 Å². The van der Waals surface area contributed by atoms with Gasteiger partial charge in [0.25, 0.3) is 0 Å². The molecule has 1 saturated heterocycles. The highest BCUT2D eigenvalue weighted by Crippen LogP contribution is 2.25. The lowest BCUT2D eigenvalue weighted by atomic mass is 9.81. The first-order chi connectivity index (χ1) is 8.18. The molecule has 1 unspecified atom stereocenters. The highest BCUT2D eigenvalue weighted by atomic mass is 35.5. The standard InChI is InChI=1S/C13H26N2O2.ClH/c1-3-13(4-2,10-14)12(16)15-11-6-5-8-17-9-7-11;/h11H,3-10,14H2,1-2H3,(H,15,16);1H. The maximum absolute atomic E-state index is 12.3. The molecule has 0 radical (unpaired) electrons. The summed E-state index contributed by atoms with van der Waals surface area (Å²) in [7, 11) is 0. The second-order valence-corrected chi connectivity index (χ2v) is 4.91. The first-order valence-corrected chi connectivity index (χ1v) is 6.77. The lowest BCUT2D eigenvalue weighted by Gasteiger charge is -2.30. The maximum Gasteiger partial charge on any atom is 0.227 e. The van der Waals surface area contributed by atoms with Crippen LogP contribution in [0, 0.1) is 5.41 Å². The number of carbonyl (C=O) groups excluding carboxylic acids is 1. The average molecular weight is 279 g/mol. The second-order valence-electron chi connectivity index (χ2n) is 4.91. The van der Waals surface area contributed by atoms with E-state index in [0.717, 1.165) is 45.3 Å². The predicted octanol–water partition coefficient (Wildman–Crippen LogP) is 1.86. The van der Waals surface area contributed by atoms with E-state index in [2.05, 4.69) is 5.32 Å². The Kier molecular flexibility index (Phi) is 8.57. The van der Waals surface area contributed by atoms with Crippen LogP contribution in [-0.2, 0) is 9.53 Å². The summed E-state index contributed by atoms with van der Waals surface area (Å²) < 4.78 is 5.39. The number of nitrogens with two attached hydrogens (primary N) is 1. The number of ether oxygens (including phenoxy) is 1. The van der Waals surface area contributed by atoms with Crippen LogP contribution in [0.15, 0.2) is 0 Å². The van der Waals surface area contributed by atoms with Crippen molar-refractivity contribution in [1.82, 2.24) is 5.32 Å². The Morgan fingerprint density at radius 1 is 1.33 bits per heavy atom. The molecule has 0 aromatic rings. The first kappa shape index (κ1) is 17.7. The zero-order chi connectivity index (χ0) is 12.7. The summed E-state index contributed by atoms with van der Waals surface area (Å²) in [5.41, 5.74) is 5.40. The van der Waals surface area contributed by atoms with Gasteiger partial charge in [0.1, 0.15) is 0 Å². The van der Waals surface area contributed by atoms with E-state index in [-0.39, 0.29) is 29.8 Å². The molecule has 1 aliphatic heterocycles. The third-order valence-electron chi connectivity index (χ3n) is 4.01. The second kappa shape index (κ2) is 8.73. The van der Waals surface area contributed by atoms with E-state index in [0.29, 0.717) is 6.54 Å². The molecule has 0 aliphatic carbocycles. The van der Waals surface area contributed by atoms with Crippen LogP contribution < -0.4 is 11.1 Å². The minimum absolute atomic E-state index is 0. The number of carbonyl (C=O) groups is 1. The van der Waals surface area contributed by atoms with Crippen LogP contribution in [0.4, 0.5) is 0 Å². The molecule has 0 aromatic carbocycles. The fraction of sp³-hybridized carbons (Fsp3) is 0.923. The van der Waals surface area contributed by atoms with Gasteiger partial charge in [0, 0.05) is 25.8 Å². The number of hydrogen-bond acceptors (Lipinski definition) is 3. The average Bonchev–Trinajstić information content (AvgIpc) is 2.61. The Labute approximate surface area is 116 Å². The molecular formula is C13H27ClN2O2. The van der Waals surface area contributed by atoms with Crippen molar-refractivity contribution in [3.8, 4) is 0 Å². The molecule has 1 atom stereocenters. The molecule has 3 N–H and O–H groups in total. The highest BCUT2D eigenvalue weighted by Gasteiger charge is 2.34. The van der Waals surface area contributed by atoms with Crippen LogP contribution in [-0.4, -0.2) is 31.7 Å². The summed E-state index contributed by atoms with van der Waals surface area (Å²) >= 11 is 0. The van der Waals surface area contributed by atoms with Crippen molar-refractivity contribution in [2.24, 2.45) is 11.1 Å². The van der Waals surface area contributed by atoms with E-state index in [1.807, 2.05) is 13.8 Å². The molecule has 5 heteroatoms. The van der Waals surface area contributed by atoms with Crippen LogP contribution in [0.25, 0.3) is 0 Å². The summed E-state index contributed by atoms with van der Waals surface area (Å²) in [4.78, 5) is 12.3. The van der Waals surface area contributed by atoms with Gasteiger partial charge in [0.15, 0.2) is 0 Å². The molecule has 0 saturated carbocycles. The van der Waals surface area contributed by atoms with Gasteiger partial charge >= 0.3 is 0 Å². The quantitative estimate of drug-likeness (QED) is 0.807. The molecule has 18 heavy (non-hydrogen) atoms. The zero-order valence-corrected chi connectivity index (χ0v) is 12.4. The van der Waals surface area contributed by atoms with Gasteiger partial charge in [-0.3, -0.25) is 4.79 Å². The maximum atomic E-state index is 12.3. The summed E-state index contributed by atoms with van der Waals surface area (Å²) in [6.07, 6.45) is 4.56. The van der Waals surface area contributed by atoms with Crippen LogP contribution in [0.1, 0.15) is 46.0 Å². The fourth-order valence-electron chi connectivity index (χ4n) is 2.34. The predicted molar refractivity (Wildman–Crippen MR) is 75.9 cm³/mol. The van der Waals surface area contributed by atoms with E-state index < -0.39 is 0 Å². The Morgan fingerprint density at radius 2 is 2.00 bits per heavy atom. The van der Waals surface area contributed by atoms with Crippen molar-refractivity contribution in [3.05, 3.63) is 0 Å². The third kappa shape index (κ3) is 4.41. The molecule has 0 spiro atoms. The third-order valence-corrected chi connectivity index (χ3v) is 4.01. The molecule has 1 fully saturated rings. The number of nitrogens with one attached hydrogen (secondary N) is 1. The Hall–Kier alpha value is -0.320. The fourth-order valence-corrected chi connectivity index (χ4v) is 2.34. The summed E-state index contributed by atoms with van der Waals surface area (Å²) in [6, 6.07) is 0.258. The van der Waals surface area contributed by atoms with Gasteiger partial charge in [-0.2, -0.15) is 0 Å². The van der Waals surface area contributed by atoms with Gasteiger partial charge in [-0.1, -0.05) is 13.8 Å². The zero-order valence-electron chi connectivity index (χ0n) is 11.5. The molecular weight excluding hydrogens is 252 g/mol. The van der Waals surface area contributed by atoms with Crippen molar-refractivity contribution in [2.45, 2.75) is 52.0 Å². The highest BCUT2D eigenvalue weighted by molar-refractivity contribution is 5.85. The smallest absolute Gasteiger partial charge is 0.227 e. The molecule has 4 nitrogen and oxygen atoms in total. The Morgan fingerprint density at radius 3 is 2.56 bits per heavy atom. The van der Waals surface area contributed by atoms with Crippen molar-refractivity contribution >= 4 is 18.3 Å². The lowest BCUT2D eigenvalue weighted by Crippen LogP contribution is -2.48. The number of rotatable bonds is 5. The van der Waals surface area contributed by atoms with E-state index >= 15 is 0 Å². The number of halogens is 1. The van der Waals surface area contributed by atoms with Gasteiger partial charge in [-0.05, 0) is 32.1 Å². The van der Waals surface area contributed by atoms with E-state index in [1.54, 1.807) is 0 Å². The van der Waals surface area contributed by atoms with Gasteiger partial charge in [-0.25, -0.2) is 0 Å². The van der Waals surface area contributed by atoms with Crippen LogP contribution in [0.5, 0.6) is 0 Å². The summed E-state index contributed by atoms with van der Waals surface area (Å²) in [5, 5.41) is 3.15. The monoisotopic (exact) mass is 278 g/mol. The SMILES string of the molecule is CCC(CC)(CN)C(=O)NC1CCCOCC1.Cl. The minimum Gasteiger partial charge on any atom is -0.381 e. The number of amides is 1. The molecule has 1 amide bonds. The van der Waals surface area contributed by atoms with Gasteiger partial charge in [-0.15, -0.1) is 12.4 Å². The Bertz CT molecular complexity index is 229. The normalized spacial score (nSPS) is 20.7. The summed E-state index contributed by atoms with van der Waals surface area (Å²) in [6.45, 7) is 6.06. The van der Waals surface area contributed by atoms with E-state index in [1.165, 1.54) is 0 Å². The Balaban J connectivity index is 0.00000289. The molecule has 1 rings (SSSR count). The van der Waals surface area contributed by atoms with Crippen molar-refractivity contribution in [2.75, 3.05) is 19.8 Å². The summed E-state index contributed by atoms with van der Waals surface area (Å²) in [5.74, 6) is 0.122. The number of hydrogen-bond donors (Lipinski definition) is 2.